The van der Waals surface area contributed by atoms with Gasteiger partial charge in [0.2, 0.25) is 5.91 Å². The maximum absolute atomic E-state index is 14.6. The predicted octanol–water partition coefficient (Wildman–Crippen LogP) is 2.39. The van der Waals surface area contributed by atoms with Crippen LogP contribution in [-0.2, 0) is 11.3 Å². The lowest BCUT2D eigenvalue weighted by molar-refractivity contribution is -0.129. The topological polar surface area (TPSA) is 74.6 Å². The minimum absolute atomic E-state index is 0.173. The average Bonchev–Trinajstić information content (AvgIpc) is 3.35. The fourth-order valence-corrected chi connectivity index (χ4v) is 3.49. The summed E-state index contributed by atoms with van der Waals surface area (Å²) in [6.45, 7) is 8.26. The Morgan fingerprint density at radius 3 is 2.86 bits per heavy atom. The highest BCUT2D eigenvalue weighted by Crippen LogP contribution is 2.17. The SMILES string of the molecule is CCNC(=NCc1ccc(-n2ccnc2C)c(F)c1)NC1CCN(C(=O)CC)C1. The number of amides is 1. The number of hydrogen-bond acceptors (Lipinski definition) is 3. The number of aryl methyl sites for hydroxylation is 1. The molecule has 1 fully saturated rings. The highest BCUT2D eigenvalue weighted by molar-refractivity contribution is 5.80. The number of nitrogens with one attached hydrogen (secondary N) is 2. The summed E-state index contributed by atoms with van der Waals surface area (Å²) in [5.74, 6) is 1.29. The number of imidazole rings is 1. The molecule has 1 unspecified atom stereocenters. The fraction of sp³-hybridized carbons (Fsp3) is 0.476. The molecule has 1 amide bonds. The second-order valence-corrected chi connectivity index (χ2v) is 7.15. The van der Waals surface area contributed by atoms with E-state index < -0.39 is 0 Å². The number of guanidine groups is 1. The Morgan fingerprint density at radius 2 is 2.21 bits per heavy atom. The number of carbonyl (C=O) groups is 1. The fourth-order valence-electron chi connectivity index (χ4n) is 3.49. The van der Waals surface area contributed by atoms with E-state index in [2.05, 4.69) is 20.6 Å². The molecule has 2 heterocycles. The van der Waals surface area contributed by atoms with Crippen molar-refractivity contribution in [1.82, 2.24) is 25.1 Å². The van der Waals surface area contributed by atoms with Crippen LogP contribution in [0.5, 0.6) is 0 Å². The molecule has 1 aliphatic heterocycles. The summed E-state index contributed by atoms with van der Waals surface area (Å²) in [4.78, 5) is 22.5. The van der Waals surface area contributed by atoms with Gasteiger partial charge in [0, 0.05) is 44.5 Å². The molecule has 1 aromatic heterocycles. The van der Waals surface area contributed by atoms with Gasteiger partial charge in [0.25, 0.3) is 0 Å². The minimum atomic E-state index is -0.304. The van der Waals surface area contributed by atoms with Gasteiger partial charge in [0.15, 0.2) is 5.96 Å². The largest absolute Gasteiger partial charge is 0.357 e. The number of aliphatic imine (C=N–C) groups is 1. The van der Waals surface area contributed by atoms with Crippen LogP contribution >= 0.6 is 0 Å². The number of hydrogen-bond donors (Lipinski definition) is 2. The molecule has 1 atom stereocenters. The van der Waals surface area contributed by atoms with Gasteiger partial charge in [-0.1, -0.05) is 13.0 Å². The van der Waals surface area contributed by atoms with Crippen LogP contribution in [0, 0.1) is 12.7 Å². The molecule has 0 radical (unpaired) electrons. The van der Waals surface area contributed by atoms with Crippen molar-refractivity contribution < 1.29 is 9.18 Å². The molecule has 8 heteroatoms. The summed E-state index contributed by atoms with van der Waals surface area (Å²) >= 11 is 0. The van der Waals surface area contributed by atoms with Gasteiger partial charge in [-0.05, 0) is 38.0 Å². The molecule has 3 rings (SSSR count). The second-order valence-electron chi connectivity index (χ2n) is 7.15. The van der Waals surface area contributed by atoms with Gasteiger partial charge >= 0.3 is 0 Å². The Balaban J connectivity index is 1.65. The number of halogens is 1. The van der Waals surface area contributed by atoms with E-state index in [4.69, 9.17) is 0 Å². The third-order valence-electron chi connectivity index (χ3n) is 5.05. The molecule has 29 heavy (non-hydrogen) atoms. The minimum Gasteiger partial charge on any atom is -0.357 e. The quantitative estimate of drug-likeness (QED) is 0.577. The Labute approximate surface area is 171 Å². The van der Waals surface area contributed by atoms with Gasteiger partial charge in [-0.25, -0.2) is 14.4 Å². The number of rotatable bonds is 6. The molecule has 0 bridgehead atoms. The average molecular weight is 401 g/mol. The van der Waals surface area contributed by atoms with Gasteiger partial charge in [-0.2, -0.15) is 0 Å². The summed E-state index contributed by atoms with van der Waals surface area (Å²) in [6, 6.07) is 5.31. The van der Waals surface area contributed by atoms with Crippen molar-refractivity contribution >= 4 is 11.9 Å². The van der Waals surface area contributed by atoms with E-state index in [1.807, 2.05) is 31.7 Å². The van der Waals surface area contributed by atoms with E-state index in [-0.39, 0.29) is 17.8 Å². The monoisotopic (exact) mass is 400 g/mol. The zero-order valence-corrected chi connectivity index (χ0v) is 17.3. The Hall–Kier alpha value is -2.90. The van der Waals surface area contributed by atoms with Crippen LogP contribution in [0.15, 0.2) is 35.6 Å². The number of nitrogens with zero attached hydrogens (tertiary/aromatic N) is 4. The lowest BCUT2D eigenvalue weighted by atomic mass is 10.2. The zero-order valence-electron chi connectivity index (χ0n) is 17.3. The first kappa shape index (κ1) is 20.8. The molecule has 0 aliphatic carbocycles. The van der Waals surface area contributed by atoms with Gasteiger partial charge in [0.1, 0.15) is 11.6 Å². The third kappa shape index (κ3) is 5.13. The van der Waals surface area contributed by atoms with Crippen LogP contribution in [0.2, 0.25) is 0 Å². The van der Waals surface area contributed by atoms with Crippen molar-refractivity contribution in [3.05, 3.63) is 47.8 Å². The predicted molar refractivity (Wildman–Crippen MR) is 111 cm³/mol. The third-order valence-corrected chi connectivity index (χ3v) is 5.05. The number of benzene rings is 1. The van der Waals surface area contributed by atoms with Crippen molar-refractivity contribution in [2.24, 2.45) is 4.99 Å². The molecule has 2 N–H and O–H groups in total. The van der Waals surface area contributed by atoms with E-state index in [0.717, 1.165) is 30.9 Å². The van der Waals surface area contributed by atoms with Crippen molar-refractivity contribution in [2.45, 2.75) is 46.2 Å². The Morgan fingerprint density at radius 1 is 1.38 bits per heavy atom. The normalized spacial score (nSPS) is 16.9. The van der Waals surface area contributed by atoms with E-state index in [9.17, 15) is 9.18 Å². The first-order valence-corrected chi connectivity index (χ1v) is 10.1. The number of carbonyl (C=O) groups excluding carboxylic acids is 1. The molecule has 1 aromatic carbocycles. The molecule has 1 aliphatic rings. The Kier molecular flexibility index (Phi) is 6.85. The van der Waals surface area contributed by atoms with Crippen LogP contribution in [0.4, 0.5) is 4.39 Å². The number of likely N-dealkylation sites (tertiary alicyclic amines) is 1. The van der Waals surface area contributed by atoms with Crippen LogP contribution in [0.1, 0.15) is 38.1 Å². The van der Waals surface area contributed by atoms with E-state index in [1.165, 1.54) is 6.07 Å². The summed E-state index contributed by atoms with van der Waals surface area (Å²) in [7, 11) is 0. The molecule has 0 saturated carbocycles. The van der Waals surface area contributed by atoms with Crippen molar-refractivity contribution in [3.63, 3.8) is 0 Å². The van der Waals surface area contributed by atoms with Crippen LogP contribution in [0.3, 0.4) is 0 Å². The summed E-state index contributed by atoms with van der Waals surface area (Å²) in [5, 5.41) is 6.61. The molecule has 7 nitrogen and oxygen atoms in total. The highest BCUT2D eigenvalue weighted by atomic mass is 19.1. The molecule has 1 saturated heterocycles. The Bertz CT molecular complexity index is 878. The maximum atomic E-state index is 14.6. The first-order valence-electron chi connectivity index (χ1n) is 10.1. The number of aromatic nitrogens is 2. The van der Waals surface area contributed by atoms with Crippen LogP contribution in [0.25, 0.3) is 5.69 Å². The van der Waals surface area contributed by atoms with Crippen molar-refractivity contribution in [1.29, 1.82) is 0 Å². The lowest BCUT2D eigenvalue weighted by Gasteiger charge is -2.18. The van der Waals surface area contributed by atoms with Crippen molar-refractivity contribution in [2.75, 3.05) is 19.6 Å². The van der Waals surface area contributed by atoms with Gasteiger partial charge in [0.05, 0.1) is 12.2 Å². The second kappa shape index (κ2) is 9.54. The molecular weight excluding hydrogens is 371 g/mol. The van der Waals surface area contributed by atoms with Gasteiger partial charge in [-0.3, -0.25) is 4.79 Å². The van der Waals surface area contributed by atoms with Crippen LogP contribution in [-0.4, -0.2) is 52.0 Å². The maximum Gasteiger partial charge on any atom is 0.222 e. The first-order chi connectivity index (χ1) is 14.0. The smallest absolute Gasteiger partial charge is 0.222 e. The lowest BCUT2D eigenvalue weighted by Crippen LogP contribution is -2.45. The molecular formula is C21H29FN6O. The van der Waals surface area contributed by atoms with Crippen molar-refractivity contribution in [3.8, 4) is 5.69 Å². The van der Waals surface area contributed by atoms with Gasteiger partial charge < -0.3 is 20.1 Å². The van der Waals surface area contributed by atoms with E-state index in [0.29, 0.717) is 31.2 Å². The van der Waals surface area contributed by atoms with E-state index >= 15 is 0 Å². The molecule has 2 aromatic rings. The molecule has 156 valence electrons. The standard InChI is InChI=1S/C21H29FN6O/c1-4-20(29)27-10-8-17(14-27)26-21(23-5-2)25-13-16-6-7-19(18(22)12-16)28-11-9-24-15(28)3/h6-7,9,11-12,17H,4-5,8,10,13-14H2,1-3H3,(H2,23,25,26). The zero-order chi connectivity index (χ0) is 20.8. The van der Waals surface area contributed by atoms with Gasteiger partial charge in [-0.15, -0.1) is 0 Å². The summed E-state index contributed by atoms with van der Waals surface area (Å²) in [6.07, 6.45) is 4.82. The highest BCUT2D eigenvalue weighted by Gasteiger charge is 2.25. The summed E-state index contributed by atoms with van der Waals surface area (Å²) < 4.78 is 16.3. The van der Waals surface area contributed by atoms with Crippen LogP contribution < -0.4 is 10.6 Å². The summed E-state index contributed by atoms with van der Waals surface area (Å²) in [5.41, 5.74) is 1.26. The molecule has 0 spiro atoms. The van der Waals surface area contributed by atoms with E-state index in [1.54, 1.807) is 23.0 Å².